The first-order valence-corrected chi connectivity index (χ1v) is 5.19. The Morgan fingerprint density at radius 2 is 2.38 bits per heavy atom. The molecule has 3 unspecified atom stereocenters. The predicted octanol–water partition coefficient (Wildman–Crippen LogP) is 0.862. The molecule has 2 rings (SSSR count). The lowest BCUT2D eigenvalue weighted by atomic mass is 9.84. The van der Waals surface area contributed by atoms with Gasteiger partial charge in [-0.25, -0.2) is 0 Å². The van der Waals surface area contributed by atoms with Crippen molar-refractivity contribution in [2.24, 2.45) is 11.7 Å². The summed E-state index contributed by atoms with van der Waals surface area (Å²) in [6.45, 7) is 0.665. The normalized spacial score (nSPS) is 39.2. The fraction of sp³-hybridized carbons (Fsp3) is 0.900. The van der Waals surface area contributed by atoms with Gasteiger partial charge in [0.25, 0.3) is 0 Å². The minimum absolute atomic E-state index is 0.199. The molecule has 2 N–H and O–H groups in total. The maximum absolute atomic E-state index is 11.5. The molecular weight excluding hydrogens is 166 g/mol. The zero-order valence-corrected chi connectivity index (χ0v) is 7.87. The number of hydrogen-bond donors (Lipinski definition) is 1. The lowest BCUT2D eigenvalue weighted by Crippen LogP contribution is -2.28. The van der Waals surface area contributed by atoms with E-state index in [9.17, 15) is 4.79 Å². The highest BCUT2D eigenvalue weighted by atomic mass is 16.5. The number of Topliss-reactive ketones (excluding diaryl/α,β-unsaturated/α-hetero) is 1. The van der Waals surface area contributed by atoms with E-state index in [1.165, 1.54) is 0 Å². The summed E-state index contributed by atoms with van der Waals surface area (Å²) in [4.78, 5) is 11.5. The van der Waals surface area contributed by atoms with Crippen LogP contribution in [0.25, 0.3) is 0 Å². The summed E-state index contributed by atoms with van der Waals surface area (Å²) in [5.74, 6) is 0.612. The van der Waals surface area contributed by atoms with Crippen LogP contribution in [0.1, 0.15) is 32.1 Å². The number of fused-ring (bicyclic) bond motifs is 1. The first kappa shape index (κ1) is 9.16. The van der Waals surface area contributed by atoms with Crippen LogP contribution in [0.4, 0.5) is 0 Å². The molecule has 0 aromatic heterocycles. The van der Waals surface area contributed by atoms with Gasteiger partial charge in [0.05, 0.1) is 12.2 Å². The van der Waals surface area contributed by atoms with Crippen LogP contribution >= 0.6 is 0 Å². The van der Waals surface area contributed by atoms with Crippen molar-refractivity contribution in [1.82, 2.24) is 0 Å². The maximum Gasteiger partial charge on any atom is 0.138 e. The Labute approximate surface area is 78.6 Å². The Balaban J connectivity index is 1.96. The molecule has 13 heavy (non-hydrogen) atoms. The standard InChI is InChI=1S/C10H17NO2/c11-5-4-7-6-8-9(12)2-1-3-10(8)13-7/h7-8,10H,1-6,11H2. The Hall–Kier alpha value is -0.410. The third-order valence-corrected chi connectivity index (χ3v) is 3.15. The molecule has 0 aromatic carbocycles. The van der Waals surface area contributed by atoms with Gasteiger partial charge in [-0.05, 0) is 32.2 Å². The smallest absolute Gasteiger partial charge is 0.138 e. The first-order chi connectivity index (χ1) is 6.31. The summed E-state index contributed by atoms with van der Waals surface area (Å²) in [6, 6.07) is 0. The second-order valence-electron chi connectivity index (χ2n) is 4.07. The van der Waals surface area contributed by atoms with Gasteiger partial charge in [-0.2, -0.15) is 0 Å². The molecule has 0 amide bonds. The van der Waals surface area contributed by atoms with Crippen molar-refractivity contribution in [3.8, 4) is 0 Å². The molecule has 0 radical (unpaired) electrons. The van der Waals surface area contributed by atoms with Crippen LogP contribution in [0.3, 0.4) is 0 Å². The number of ketones is 1. The molecule has 0 spiro atoms. The Bertz CT molecular complexity index is 205. The van der Waals surface area contributed by atoms with Gasteiger partial charge in [-0.1, -0.05) is 0 Å². The number of rotatable bonds is 2. The highest BCUT2D eigenvalue weighted by Crippen LogP contribution is 2.36. The summed E-state index contributed by atoms with van der Waals surface area (Å²) in [5.41, 5.74) is 5.47. The van der Waals surface area contributed by atoms with Crippen molar-refractivity contribution in [3.63, 3.8) is 0 Å². The second kappa shape index (κ2) is 3.76. The van der Waals surface area contributed by atoms with Crippen molar-refractivity contribution >= 4 is 5.78 Å². The largest absolute Gasteiger partial charge is 0.374 e. The molecule has 2 aliphatic rings. The topological polar surface area (TPSA) is 52.3 Å². The third kappa shape index (κ3) is 1.76. The van der Waals surface area contributed by atoms with Gasteiger partial charge in [0.2, 0.25) is 0 Å². The van der Waals surface area contributed by atoms with Crippen LogP contribution in [0.5, 0.6) is 0 Å². The minimum atomic E-state index is 0.199. The van der Waals surface area contributed by atoms with E-state index in [0.29, 0.717) is 12.3 Å². The zero-order valence-electron chi connectivity index (χ0n) is 7.87. The number of hydrogen-bond acceptors (Lipinski definition) is 3. The van der Waals surface area contributed by atoms with E-state index in [2.05, 4.69) is 0 Å². The molecule has 74 valence electrons. The molecule has 1 aliphatic heterocycles. The van der Waals surface area contributed by atoms with Crippen molar-refractivity contribution in [1.29, 1.82) is 0 Å². The molecule has 0 bridgehead atoms. The minimum Gasteiger partial charge on any atom is -0.374 e. The van der Waals surface area contributed by atoms with Gasteiger partial charge in [-0.3, -0.25) is 4.79 Å². The monoisotopic (exact) mass is 183 g/mol. The number of carbonyl (C=O) groups is 1. The molecule has 1 saturated heterocycles. The number of nitrogens with two attached hydrogens (primary N) is 1. The Kier molecular flexibility index (Phi) is 2.65. The van der Waals surface area contributed by atoms with Crippen molar-refractivity contribution in [2.75, 3.05) is 6.54 Å². The maximum atomic E-state index is 11.5. The van der Waals surface area contributed by atoms with Crippen LogP contribution in [-0.4, -0.2) is 24.5 Å². The molecule has 1 heterocycles. The average Bonchev–Trinajstić information content (AvgIpc) is 2.49. The summed E-state index contributed by atoms with van der Waals surface area (Å²) >= 11 is 0. The van der Waals surface area contributed by atoms with Crippen molar-refractivity contribution in [3.05, 3.63) is 0 Å². The molecular formula is C10H17NO2. The van der Waals surface area contributed by atoms with Crippen LogP contribution in [-0.2, 0) is 9.53 Å². The SMILES string of the molecule is NCCC1CC2C(=O)CCCC2O1. The van der Waals surface area contributed by atoms with E-state index in [4.69, 9.17) is 10.5 Å². The Morgan fingerprint density at radius 3 is 3.08 bits per heavy atom. The van der Waals surface area contributed by atoms with E-state index in [1.54, 1.807) is 0 Å². The van der Waals surface area contributed by atoms with Gasteiger partial charge >= 0.3 is 0 Å². The fourth-order valence-electron chi connectivity index (χ4n) is 2.48. The fourth-order valence-corrected chi connectivity index (χ4v) is 2.48. The van der Waals surface area contributed by atoms with Gasteiger partial charge in [-0.15, -0.1) is 0 Å². The second-order valence-corrected chi connectivity index (χ2v) is 4.07. The van der Waals surface area contributed by atoms with Crippen molar-refractivity contribution < 1.29 is 9.53 Å². The molecule has 0 aromatic rings. The summed E-state index contributed by atoms with van der Waals surface area (Å²) in [5, 5.41) is 0. The van der Waals surface area contributed by atoms with Gasteiger partial charge in [0, 0.05) is 12.3 Å². The predicted molar refractivity (Wildman–Crippen MR) is 49.3 cm³/mol. The highest BCUT2D eigenvalue weighted by Gasteiger charge is 2.40. The molecule has 1 saturated carbocycles. The summed E-state index contributed by atoms with van der Waals surface area (Å²) < 4.78 is 5.78. The van der Waals surface area contributed by atoms with E-state index < -0.39 is 0 Å². The zero-order chi connectivity index (χ0) is 9.26. The quantitative estimate of drug-likeness (QED) is 0.691. The average molecular weight is 183 g/mol. The van der Waals surface area contributed by atoms with E-state index in [0.717, 1.165) is 32.1 Å². The molecule has 1 aliphatic carbocycles. The van der Waals surface area contributed by atoms with E-state index in [-0.39, 0.29) is 18.1 Å². The van der Waals surface area contributed by atoms with Gasteiger partial charge < -0.3 is 10.5 Å². The van der Waals surface area contributed by atoms with E-state index in [1.807, 2.05) is 0 Å². The third-order valence-electron chi connectivity index (χ3n) is 3.15. The first-order valence-electron chi connectivity index (χ1n) is 5.19. The van der Waals surface area contributed by atoms with Crippen LogP contribution < -0.4 is 5.73 Å². The summed E-state index contributed by atoms with van der Waals surface area (Å²) in [6.07, 6.45) is 5.13. The van der Waals surface area contributed by atoms with E-state index >= 15 is 0 Å². The Morgan fingerprint density at radius 1 is 1.54 bits per heavy atom. The van der Waals surface area contributed by atoms with Crippen LogP contribution in [0.15, 0.2) is 0 Å². The van der Waals surface area contributed by atoms with Crippen LogP contribution in [0.2, 0.25) is 0 Å². The van der Waals surface area contributed by atoms with Crippen LogP contribution in [0, 0.1) is 5.92 Å². The highest BCUT2D eigenvalue weighted by molar-refractivity contribution is 5.82. The lowest BCUT2D eigenvalue weighted by Gasteiger charge is -2.22. The number of ether oxygens (including phenoxy) is 1. The van der Waals surface area contributed by atoms with Gasteiger partial charge in [0.15, 0.2) is 0 Å². The molecule has 2 fully saturated rings. The molecule has 3 nitrogen and oxygen atoms in total. The number of carbonyl (C=O) groups excluding carboxylic acids is 1. The lowest BCUT2D eigenvalue weighted by molar-refractivity contribution is -0.127. The molecule has 3 heteroatoms. The van der Waals surface area contributed by atoms with Crippen molar-refractivity contribution in [2.45, 2.75) is 44.3 Å². The molecule has 3 atom stereocenters. The summed E-state index contributed by atoms with van der Waals surface area (Å²) in [7, 11) is 0. The van der Waals surface area contributed by atoms with Gasteiger partial charge in [0.1, 0.15) is 5.78 Å².